The summed E-state index contributed by atoms with van der Waals surface area (Å²) in [6, 6.07) is 3.58. The second-order valence-corrected chi connectivity index (χ2v) is 3.88. The van der Waals surface area contributed by atoms with E-state index in [9.17, 15) is 13.2 Å². The first-order valence-electron chi connectivity index (χ1n) is 5.54. The van der Waals surface area contributed by atoms with Gasteiger partial charge < -0.3 is 4.74 Å². The van der Waals surface area contributed by atoms with E-state index in [4.69, 9.17) is 0 Å². The van der Waals surface area contributed by atoms with E-state index in [0.29, 0.717) is 22.4 Å². The number of rotatable bonds is 3. The predicted molar refractivity (Wildman–Crippen MR) is 63.7 cm³/mol. The number of aromatic amines is 1. The van der Waals surface area contributed by atoms with Crippen LogP contribution in [0.1, 0.15) is 0 Å². The molecule has 3 rings (SSSR count). The standard InChI is InChI=1S/C12H7F3N4O/c13-7-2-1-6(3-10(7)20-12(14)15)8-4-16-9-5-17-19-11(9)18-8/h1-5,12H,(H,17,18,19). The minimum atomic E-state index is -3.10. The summed E-state index contributed by atoms with van der Waals surface area (Å²) in [5.74, 6) is -1.41. The highest BCUT2D eigenvalue weighted by molar-refractivity contribution is 5.72. The maximum absolute atomic E-state index is 13.3. The van der Waals surface area contributed by atoms with E-state index in [0.717, 1.165) is 12.1 Å². The first-order valence-corrected chi connectivity index (χ1v) is 5.54. The van der Waals surface area contributed by atoms with Crippen LogP contribution in [0.25, 0.3) is 22.4 Å². The first kappa shape index (κ1) is 12.4. The van der Waals surface area contributed by atoms with Crippen molar-refractivity contribution in [1.29, 1.82) is 0 Å². The van der Waals surface area contributed by atoms with Gasteiger partial charge in [-0.2, -0.15) is 13.9 Å². The lowest BCUT2D eigenvalue weighted by molar-refractivity contribution is -0.0521. The van der Waals surface area contributed by atoms with E-state index in [1.54, 1.807) is 0 Å². The Balaban J connectivity index is 2.04. The van der Waals surface area contributed by atoms with Gasteiger partial charge in [0.1, 0.15) is 5.52 Å². The number of nitrogens with one attached hydrogen (secondary N) is 1. The molecule has 1 N–H and O–H groups in total. The summed E-state index contributed by atoms with van der Waals surface area (Å²) in [7, 11) is 0. The zero-order valence-corrected chi connectivity index (χ0v) is 9.85. The van der Waals surface area contributed by atoms with Gasteiger partial charge in [-0.1, -0.05) is 0 Å². The van der Waals surface area contributed by atoms with Crippen molar-refractivity contribution >= 4 is 11.2 Å². The van der Waals surface area contributed by atoms with Gasteiger partial charge >= 0.3 is 6.61 Å². The molecule has 0 bridgehead atoms. The van der Waals surface area contributed by atoms with E-state index in [1.165, 1.54) is 18.5 Å². The van der Waals surface area contributed by atoms with Gasteiger partial charge in [0.25, 0.3) is 0 Å². The molecule has 0 aliphatic heterocycles. The van der Waals surface area contributed by atoms with Crippen molar-refractivity contribution in [3.63, 3.8) is 0 Å². The number of hydrogen-bond acceptors (Lipinski definition) is 4. The lowest BCUT2D eigenvalue weighted by Crippen LogP contribution is -2.03. The second kappa shape index (κ2) is 4.80. The molecule has 20 heavy (non-hydrogen) atoms. The van der Waals surface area contributed by atoms with Crippen LogP contribution in [0.3, 0.4) is 0 Å². The summed E-state index contributed by atoms with van der Waals surface area (Å²) < 4.78 is 41.8. The van der Waals surface area contributed by atoms with Crippen LogP contribution in [-0.4, -0.2) is 26.8 Å². The van der Waals surface area contributed by atoms with Crippen molar-refractivity contribution in [2.24, 2.45) is 0 Å². The largest absolute Gasteiger partial charge is 0.432 e. The van der Waals surface area contributed by atoms with Crippen LogP contribution in [0.4, 0.5) is 13.2 Å². The molecule has 0 atom stereocenters. The molecule has 0 saturated carbocycles. The molecule has 0 aliphatic rings. The van der Waals surface area contributed by atoms with Gasteiger partial charge in [0, 0.05) is 5.56 Å². The van der Waals surface area contributed by atoms with Crippen LogP contribution in [0, 0.1) is 5.82 Å². The molecule has 8 heteroatoms. The summed E-state index contributed by atoms with van der Waals surface area (Å²) in [6.07, 6.45) is 2.94. The Morgan fingerprint density at radius 2 is 2.05 bits per heavy atom. The van der Waals surface area contributed by atoms with Gasteiger partial charge in [-0.25, -0.2) is 14.4 Å². The van der Waals surface area contributed by atoms with Gasteiger partial charge in [-0.15, -0.1) is 0 Å². The smallest absolute Gasteiger partial charge is 0.387 e. The fourth-order valence-corrected chi connectivity index (χ4v) is 1.72. The number of H-pyrrole nitrogens is 1. The lowest BCUT2D eigenvalue weighted by Gasteiger charge is -2.07. The van der Waals surface area contributed by atoms with Gasteiger partial charge in [0.15, 0.2) is 17.2 Å². The van der Waals surface area contributed by atoms with Crippen molar-refractivity contribution in [3.05, 3.63) is 36.4 Å². The molecule has 0 fully saturated rings. The average Bonchev–Trinajstić information content (AvgIpc) is 2.88. The summed E-state index contributed by atoms with van der Waals surface area (Å²) in [4.78, 5) is 8.30. The van der Waals surface area contributed by atoms with Gasteiger partial charge in [-0.3, -0.25) is 5.10 Å². The number of alkyl halides is 2. The summed E-state index contributed by atoms with van der Waals surface area (Å²) in [6.45, 7) is -3.10. The van der Waals surface area contributed by atoms with Crippen LogP contribution in [0.2, 0.25) is 0 Å². The first-order chi connectivity index (χ1) is 9.63. The van der Waals surface area contributed by atoms with Crippen LogP contribution < -0.4 is 4.74 Å². The van der Waals surface area contributed by atoms with E-state index in [-0.39, 0.29) is 0 Å². The number of benzene rings is 1. The number of hydrogen-bond donors (Lipinski definition) is 1. The van der Waals surface area contributed by atoms with Crippen molar-refractivity contribution < 1.29 is 17.9 Å². The average molecular weight is 280 g/mol. The van der Waals surface area contributed by atoms with Crippen molar-refractivity contribution in [2.45, 2.75) is 6.61 Å². The molecule has 0 unspecified atom stereocenters. The summed E-state index contributed by atoms with van der Waals surface area (Å²) in [5.41, 5.74) is 1.81. The molecule has 3 aromatic rings. The molecule has 0 amide bonds. The van der Waals surface area contributed by atoms with E-state index < -0.39 is 18.2 Å². The van der Waals surface area contributed by atoms with E-state index in [1.807, 2.05) is 0 Å². The number of nitrogens with zero attached hydrogens (tertiary/aromatic N) is 3. The Bertz CT molecular complexity index is 759. The fourth-order valence-electron chi connectivity index (χ4n) is 1.72. The predicted octanol–water partition coefficient (Wildman–Crippen LogP) is 2.76. The Hall–Kier alpha value is -2.64. The molecule has 2 aromatic heterocycles. The maximum Gasteiger partial charge on any atom is 0.387 e. The van der Waals surface area contributed by atoms with Gasteiger partial charge in [0.05, 0.1) is 18.1 Å². The molecular formula is C12H7F3N4O. The second-order valence-electron chi connectivity index (χ2n) is 3.88. The minimum Gasteiger partial charge on any atom is -0.432 e. The quantitative estimate of drug-likeness (QED) is 0.801. The summed E-state index contributed by atoms with van der Waals surface area (Å²) >= 11 is 0. The normalized spacial score (nSPS) is 11.2. The third-order valence-electron chi connectivity index (χ3n) is 2.60. The van der Waals surface area contributed by atoms with Gasteiger partial charge in [0.2, 0.25) is 0 Å². The monoisotopic (exact) mass is 280 g/mol. The fraction of sp³-hybridized carbons (Fsp3) is 0.0833. The molecule has 0 radical (unpaired) electrons. The highest BCUT2D eigenvalue weighted by Crippen LogP contribution is 2.26. The van der Waals surface area contributed by atoms with Crippen LogP contribution in [0.15, 0.2) is 30.6 Å². The Kier molecular flexibility index (Phi) is 2.97. The number of ether oxygens (including phenoxy) is 1. The SMILES string of the molecule is Fc1ccc(-c2cnc3cn[nH]c3n2)cc1OC(F)F. The maximum atomic E-state index is 13.3. The molecule has 0 spiro atoms. The summed E-state index contributed by atoms with van der Waals surface area (Å²) in [5, 5.41) is 6.41. The lowest BCUT2D eigenvalue weighted by atomic mass is 10.1. The number of fused-ring (bicyclic) bond motifs is 1. The highest BCUT2D eigenvalue weighted by atomic mass is 19.3. The van der Waals surface area contributed by atoms with Crippen molar-refractivity contribution in [1.82, 2.24) is 20.2 Å². The van der Waals surface area contributed by atoms with E-state index >= 15 is 0 Å². The van der Waals surface area contributed by atoms with Gasteiger partial charge in [-0.05, 0) is 18.2 Å². The molecule has 1 aromatic carbocycles. The van der Waals surface area contributed by atoms with Crippen molar-refractivity contribution in [2.75, 3.05) is 0 Å². The van der Waals surface area contributed by atoms with Crippen LogP contribution in [-0.2, 0) is 0 Å². The highest BCUT2D eigenvalue weighted by Gasteiger charge is 2.12. The van der Waals surface area contributed by atoms with Crippen LogP contribution >= 0.6 is 0 Å². The Morgan fingerprint density at radius 1 is 1.20 bits per heavy atom. The molecule has 5 nitrogen and oxygen atoms in total. The topological polar surface area (TPSA) is 63.7 Å². The zero-order valence-electron chi connectivity index (χ0n) is 9.85. The molecule has 0 saturated heterocycles. The molecular weight excluding hydrogens is 273 g/mol. The Morgan fingerprint density at radius 3 is 2.85 bits per heavy atom. The molecule has 0 aliphatic carbocycles. The molecule has 102 valence electrons. The van der Waals surface area contributed by atoms with Crippen molar-refractivity contribution in [3.8, 4) is 17.0 Å². The van der Waals surface area contributed by atoms with Crippen LogP contribution in [0.5, 0.6) is 5.75 Å². The van der Waals surface area contributed by atoms with E-state index in [2.05, 4.69) is 24.9 Å². The third kappa shape index (κ3) is 2.27. The number of aromatic nitrogens is 4. The minimum absolute atomic E-state index is 0.390. The Labute approximate surface area is 110 Å². The zero-order chi connectivity index (χ0) is 14.1. The third-order valence-corrected chi connectivity index (χ3v) is 2.60. The molecule has 2 heterocycles. The number of halogens is 3.